The second-order valence-electron chi connectivity index (χ2n) is 32.0. The predicted octanol–water partition coefficient (Wildman–Crippen LogP) is 6.37. The van der Waals surface area contributed by atoms with Crippen molar-refractivity contribution >= 4 is 191 Å². The predicted molar refractivity (Wildman–Crippen MR) is 499 cm³/mol. The monoisotopic (exact) mass is 1870 g/mol. The zero-order valence-corrected chi connectivity index (χ0v) is 75.2. The summed E-state index contributed by atoms with van der Waals surface area (Å²) in [7, 11) is 15.7. The molecular formula is C88H90ClN31O16. The number of halogens is 1. The number of anilines is 12. The Morgan fingerprint density at radius 1 is 0.382 bits per heavy atom. The first-order chi connectivity index (χ1) is 65.0. The molecule has 14 aromatic rings. The SMILES string of the molecule is Cn1cc(NC(=O)c2nc(NC=O)cn2C)cc1C(=O)NCCC(=O)Nc1cn(C)c(C(=O)Nc2cn(C)c(C(=O)Nc3cc(C(=O)Nc4cn(C)c(C(=O)NCCCC(=O)Nc5cc(C(=O)Nc6cn(C)c(C(=O)NCCC(=O)Nc7cc(C(=O)Nc8cc(C(=O)Nc9ccc%10[nH]c(C(=O)N%11CC(CCl)c%12c%11cc(O)c%11ccccc%12%11)cc%10c9)n(C)c8)n(C)c7)n6)n(C)c5)n4)n(C)c3)n2)n1. The van der Waals surface area contributed by atoms with Gasteiger partial charge in [-0.15, -0.1) is 11.6 Å². The minimum Gasteiger partial charge on any atom is -0.507 e. The zero-order valence-electron chi connectivity index (χ0n) is 74.5. The van der Waals surface area contributed by atoms with Crippen molar-refractivity contribution in [2.75, 3.05) is 95.4 Å². The maximum Gasteiger partial charge on any atom is 0.292 e. The Hall–Kier alpha value is -18.0. The summed E-state index contributed by atoms with van der Waals surface area (Å²) in [6.07, 6.45) is 14.9. The Morgan fingerprint density at radius 3 is 1.22 bits per heavy atom. The number of phenols is 1. The van der Waals surface area contributed by atoms with Gasteiger partial charge < -0.3 is 135 Å². The molecule has 11 aromatic heterocycles. The summed E-state index contributed by atoms with van der Waals surface area (Å²) in [5.41, 5.74) is 5.00. The molecule has 1 atom stereocenters. The van der Waals surface area contributed by atoms with Crippen LogP contribution in [0.15, 0.2) is 147 Å². The van der Waals surface area contributed by atoms with E-state index in [9.17, 15) is 77.0 Å². The van der Waals surface area contributed by atoms with Crippen molar-refractivity contribution < 1.29 is 77.0 Å². The van der Waals surface area contributed by atoms with Gasteiger partial charge in [0.05, 0.1) is 34.1 Å². The third kappa shape index (κ3) is 20.5. The van der Waals surface area contributed by atoms with Crippen molar-refractivity contribution in [3.05, 3.63) is 216 Å². The molecular weight excluding hydrogens is 1780 g/mol. The number of nitrogens with zero attached hydrogens (tertiary/aromatic N) is 16. The Balaban J connectivity index is 0.446. The van der Waals surface area contributed by atoms with E-state index in [2.05, 4.69) is 104 Å². The molecule has 0 saturated heterocycles. The van der Waals surface area contributed by atoms with Crippen LogP contribution in [0.4, 0.5) is 68.9 Å². The summed E-state index contributed by atoms with van der Waals surface area (Å²) in [6, 6.07) is 23.1. The highest BCUT2D eigenvalue weighted by molar-refractivity contribution is 6.20. The number of aromatic nitrogens is 16. The number of carbonyl (C=O) groups excluding carboxylic acids is 15. The number of nitrogens with one attached hydrogen (secondary N) is 15. The molecule has 1 unspecified atom stereocenters. The van der Waals surface area contributed by atoms with Crippen LogP contribution in [0.2, 0.25) is 0 Å². The van der Waals surface area contributed by atoms with Crippen molar-refractivity contribution in [2.24, 2.45) is 70.5 Å². The number of imidazole rings is 5. The Labute approximate surface area is 775 Å². The molecule has 3 aromatic carbocycles. The molecule has 136 heavy (non-hydrogen) atoms. The van der Waals surface area contributed by atoms with Gasteiger partial charge in [0.1, 0.15) is 39.9 Å². The summed E-state index contributed by atoms with van der Waals surface area (Å²) in [4.78, 5) is 224. The standard InChI is InChI=1S/C88H90ClN31O16/c1-110-37-51(98-85(133)75-102-64(93-44-121)39-115(75)6)28-58(110)78(126)91-22-20-71(125)101-65-40-118(9)77(103-65)87(135)109-68-43-119(10)76(106-68)86(134)99-52-30-62(114(5)38-52)82(130)108-66-41-116(7)73(104-66)83(131)90-21-13-16-69(123)94-48-27-61(112(3)34-48)81(129)107-67-42-117(8)74(105-67)84(132)92-23-19-70(124)95-49-26-59(111(2)35-49)80(128)97-50-29-60(113(4)36-50)79(127)96-47-17-18-55-45(24-47)25-56(100-55)88(136)120-33-46(32-89)72-54-15-12-11-14-53(54)63(122)31-57(72)120/h11-12,14-15,17-18,24-31,34-44,46,100,122H,13,16,19-23,32-33H2,1-10H3,(H,90,131)(H,91,126)(H,92,132)(H,93,121)(H,94,123)(H,95,124)(H,96,127)(H,97,128)(H,98,133)(H,99,134)(H,101,125)(H,107,129)(H,108,130)(H,109,135). The number of aromatic hydroxyl groups is 1. The number of carbonyl (C=O) groups is 15. The van der Waals surface area contributed by atoms with Crippen LogP contribution < -0.4 is 79.3 Å². The largest absolute Gasteiger partial charge is 0.507 e. The van der Waals surface area contributed by atoms with E-state index in [1.165, 1.54) is 148 Å². The molecule has 48 heteroatoms. The van der Waals surface area contributed by atoms with E-state index in [1.54, 1.807) is 95.3 Å². The molecule has 0 fully saturated rings. The van der Waals surface area contributed by atoms with Crippen molar-refractivity contribution in [1.29, 1.82) is 0 Å². The van der Waals surface area contributed by atoms with Crippen LogP contribution >= 0.6 is 11.6 Å². The van der Waals surface area contributed by atoms with E-state index in [0.29, 0.717) is 52.0 Å². The molecule has 0 saturated carbocycles. The third-order valence-corrected chi connectivity index (χ3v) is 22.3. The molecule has 15 rings (SSSR count). The van der Waals surface area contributed by atoms with Crippen molar-refractivity contribution in [3.63, 3.8) is 0 Å². The number of amides is 15. The maximum atomic E-state index is 14.1. The van der Waals surface area contributed by atoms with Crippen molar-refractivity contribution in [3.8, 4) is 5.75 Å². The molecule has 0 bridgehead atoms. The quantitative estimate of drug-likeness (QED) is 0.0118. The number of rotatable bonds is 34. The van der Waals surface area contributed by atoms with Crippen molar-refractivity contribution in [1.82, 2.24) is 91.5 Å². The molecule has 16 N–H and O–H groups in total. The number of alkyl halides is 1. The lowest BCUT2D eigenvalue weighted by atomic mass is 9.95. The first-order valence-corrected chi connectivity index (χ1v) is 42.4. The lowest BCUT2D eigenvalue weighted by molar-refractivity contribution is -0.117. The Bertz CT molecular complexity index is 7230. The molecule has 47 nitrogen and oxygen atoms in total. The molecule has 12 heterocycles. The summed E-state index contributed by atoms with van der Waals surface area (Å²) in [6.45, 7) is 0.156. The van der Waals surface area contributed by atoms with Crippen molar-refractivity contribution in [2.45, 2.75) is 31.6 Å². The number of benzene rings is 3. The van der Waals surface area contributed by atoms with Crippen LogP contribution in [0.25, 0.3) is 21.7 Å². The zero-order chi connectivity index (χ0) is 96.9. The molecule has 1 aliphatic rings. The van der Waals surface area contributed by atoms with Crippen LogP contribution in [-0.4, -0.2) is 202 Å². The highest BCUT2D eigenvalue weighted by atomic mass is 35.5. The fourth-order valence-electron chi connectivity index (χ4n) is 15.5. The van der Waals surface area contributed by atoms with E-state index in [-0.39, 0.29) is 178 Å². The first-order valence-electron chi connectivity index (χ1n) is 41.9. The summed E-state index contributed by atoms with van der Waals surface area (Å²) in [5, 5.41) is 50.4. The van der Waals surface area contributed by atoms with Gasteiger partial charge in [0.25, 0.3) is 65.0 Å². The normalized spacial score (nSPS) is 12.1. The van der Waals surface area contributed by atoms with E-state index < -0.39 is 76.8 Å². The van der Waals surface area contributed by atoms with E-state index in [1.807, 2.05) is 24.3 Å². The minimum atomic E-state index is -0.740. The smallest absolute Gasteiger partial charge is 0.292 e. The van der Waals surface area contributed by atoms with Crippen LogP contribution in [0.1, 0.15) is 153 Å². The fraction of sp³-hybridized carbons (Fsp3) is 0.227. The molecule has 15 amide bonds. The summed E-state index contributed by atoms with van der Waals surface area (Å²) in [5.74, 6) is -7.95. The van der Waals surface area contributed by atoms with Gasteiger partial charge in [-0.25, -0.2) is 24.9 Å². The molecule has 700 valence electrons. The lowest BCUT2D eigenvalue weighted by Gasteiger charge is -2.17. The molecule has 0 aliphatic carbocycles. The van der Waals surface area contributed by atoms with Gasteiger partial charge in [0, 0.05) is 218 Å². The highest BCUT2D eigenvalue weighted by Gasteiger charge is 2.37. The van der Waals surface area contributed by atoms with Crippen LogP contribution in [0, 0.1) is 0 Å². The number of aromatic amines is 1. The number of fused-ring (bicyclic) bond motifs is 4. The second-order valence-corrected chi connectivity index (χ2v) is 32.3. The average molecular weight is 1870 g/mol. The van der Waals surface area contributed by atoms with Gasteiger partial charge in [-0.2, -0.15) is 0 Å². The van der Waals surface area contributed by atoms with Gasteiger partial charge in [0.15, 0.2) is 29.1 Å². The first kappa shape index (κ1) is 92.8. The lowest BCUT2D eigenvalue weighted by Crippen LogP contribution is -2.30. The Kier molecular flexibility index (Phi) is 26.6. The van der Waals surface area contributed by atoms with Gasteiger partial charge in [-0.05, 0) is 72.0 Å². The van der Waals surface area contributed by atoms with Crippen LogP contribution in [0.5, 0.6) is 5.75 Å². The molecule has 0 radical (unpaired) electrons. The average Bonchev–Trinajstić information content (AvgIpc) is 1.58. The van der Waals surface area contributed by atoms with Gasteiger partial charge in [-0.3, -0.25) is 71.9 Å². The van der Waals surface area contributed by atoms with E-state index >= 15 is 0 Å². The molecule has 0 spiro atoms. The van der Waals surface area contributed by atoms with E-state index in [0.717, 1.165) is 10.9 Å². The second kappa shape index (κ2) is 39.0. The highest BCUT2D eigenvalue weighted by Crippen LogP contribution is 2.46. The number of aryl methyl sites for hydroxylation is 10. The van der Waals surface area contributed by atoms with Crippen LogP contribution in [-0.2, 0) is 89.7 Å². The number of hydrogen-bond donors (Lipinski definition) is 16. The van der Waals surface area contributed by atoms with E-state index in [4.69, 9.17) is 11.6 Å². The summed E-state index contributed by atoms with van der Waals surface area (Å²) >= 11 is 6.43. The number of H-pyrrole nitrogens is 1. The number of hydrogen-bond acceptors (Lipinski definition) is 21. The Morgan fingerprint density at radius 2 is 0.750 bits per heavy atom. The van der Waals surface area contributed by atoms with Crippen LogP contribution in [0.3, 0.4) is 0 Å². The summed E-state index contributed by atoms with van der Waals surface area (Å²) < 4.78 is 14.3. The topological polar surface area (TPSA) is 577 Å². The molecule has 1 aliphatic heterocycles. The van der Waals surface area contributed by atoms with Gasteiger partial charge >= 0.3 is 0 Å². The maximum absolute atomic E-state index is 14.1. The van der Waals surface area contributed by atoms with Gasteiger partial charge in [-0.1, -0.05) is 24.3 Å². The minimum absolute atomic E-state index is 0.00573. The fourth-order valence-corrected chi connectivity index (χ4v) is 15.7. The van der Waals surface area contributed by atoms with Gasteiger partial charge in [0.2, 0.25) is 53.3 Å². The number of phenolic OH excluding ortho intramolecular Hbond substituents is 1. The third-order valence-electron chi connectivity index (χ3n) is 22.0.